The number of ketones is 1. The van der Waals surface area contributed by atoms with E-state index in [0.29, 0.717) is 5.78 Å². The maximum absolute atomic E-state index is 11.1. The zero-order valence-corrected chi connectivity index (χ0v) is 14.4. The van der Waals surface area contributed by atoms with Crippen LogP contribution in [0.25, 0.3) is 0 Å². The van der Waals surface area contributed by atoms with E-state index in [-0.39, 0.29) is 5.92 Å². The van der Waals surface area contributed by atoms with Gasteiger partial charge in [0.1, 0.15) is 5.78 Å². The van der Waals surface area contributed by atoms with Crippen LogP contribution in [-0.2, 0) is 4.79 Å². The maximum atomic E-state index is 11.1. The van der Waals surface area contributed by atoms with Crippen molar-refractivity contribution in [3.63, 3.8) is 0 Å². The monoisotopic (exact) mass is 282 g/mol. The van der Waals surface area contributed by atoms with E-state index in [9.17, 15) is 4.79 Å². The minimum Gasteiger partial charge on any atom is -0.300 e. The molecule has 0 aromatic rings. The molecule has 0 bridgehead atoms. The quantitative estimate of drug-likeness (QED) is 0.306. The van der Waals surface area contributed by atoms with Gasteiger partial charge >= 0.3 is 0 Å². The molecule has 0 heterocycles. The molecule has 0 aromatic heterocycles. The molecular weight excluding hydrogens is 244 g/mol. The number of unbranched alkanes of at least 4 members (excludes halogenated alkanes) is 12. The lowest BCUT2D eigenvalue weighted by atomic mass is 9.98. The predicted molar refractivity (Wildman–Crippen MR) is 90.2 cm³/mol. The molecule has 0 aromatic carbocycles. The highest BCUT2D eigenvalue weighted by Gasteiger charge is 2.05. The Morgan fingerprint density at radius 2 is 1.05 bits per heavy atom. The normalized spacial score (nSPS) is 12.6. The molecular formula is C19H38O. The van der Waals surface area contributed by atoms with E-state index in [1.807, 2.05) is 0 Å². The van der Waals surface area contributed by atoms with Crippen molar-refractivity contribution in [3.05, 3.63) is 0 Å². The summed E-state index contributed by atoms with van der Waals surface area (Å²) in [7, 11) is 0. The van der Waals surface area contributed by atoms with Gasteiger partial charge in [-0.3, -0.25) is 4.79 Å². The van der Waals surface area contributed by atoms with Crippen LogP contribution in [-0.4, -0.2) is 5.78 Å². The van der Waals surface area contributed by atoms with Gasteiger partial charge in [0.2, 0.25) is 0 Å². The van der Waals surface area contributed by atoms with Crippen LogP contribution in [0.1, 0.15) is 111 Å². The van der Waals surface area contributed by atoms with Crippen molar-refractivity contribution < 1.29 is 4.79 Å². The molecule has 0 aliphatic heterocycles. The van der Waals surface area contributed by atoms with Gasteiger partial charge in [0.05, 0.1) is 0 Å². The Morgan fingerprint density at radius 3 is 1.40 bits per heavy atom. The Morgan fingerprint density at radius 1 is 0.700 bits per heavy atom. The van der Waals surface area contributed by atoms with Crippen LogP contribution in [0.5, 0.6) is 0 Å². The average molecular weight is 283 g/mol. The molecule has 120 valence electrons. The SMILES string of the molecule is CCCCCCCCCCCCCCCC(C)C(C)=O. The standard InChI is InChI=1S/C19H38O/c1-4-5-6-7-8-9-10-11-12-13-14-15-16-17-18(2)19(3)20/h18H,4-17H2,1-3H3. The number of rotatable bonds is 15. The van der Waals surface area contributed by atoms with E-state index in [1.165, 1.54) is 83.5 Å². The molecule has 1 atom stereocenters. The minimum atomic E-state index is 0.280. The highest BCUT2D eigenvalue weighted by atomic mass is 16.1. The Hall–Kier alpha value is -0.330. The van der Waals surface area contributed by atoms with Gasteiger partial charge in [0.25, 0.3) is 0 Å². The number of hydrogen-bond acceptors (Lipinski definition) is 1. The molecule has 0 spiro atoms. The largest absolute Gasteiger partial charge is 0.300 e. The first-order chi connectivity index (χ1) is 9.68. The van der Waals surface area contributed by atoms with Crippen molar-refractivity contribution in [3.8, 4) is 0 Å². The summed E-state index contributed by atoms with van der Waals surface area (Å²) in [4.78, 5) is 11.1. The van der Waals surface area contributed by atoms with Gasteiger partial charge in [-0.1, -0.05) is 97.3 Å². The Balaban J connectivity index is 3.04. The fourth-order valence-corrected chi connectivity index (χ4v) is 2.67. The third-order valence-electron chi connectivity index (χ3n) is 4.43. The van der Waals surface area contributed by atoms with Gasteiger partial charge in [-0.05, 0) is 13.3 Å². The predicted octanol–water partition coefficient (Wildman–Crippen LogP) is 6.69. The van der Waals surface area contributed by atoms with Gasteiger partial charge in [0, 0.05) is 5.92 Å². The van der Waals surface area contributed by atoms with Gasteiger partial charge < -0.3 is 0 Å². The first kappa shape index (κ1) is 19.7. The van der Waals surface area contributed by atoms with Crippen molar-refractivity contribution in [2.75, 3.05) is 0 Å². The third kappa shape index (κ3) is 14.1. The van der Waals surface area contributed by atoms with Crippen molar-refractivity contribution in [2.24, 2.45) is 5.92 Å². The molecule has 0 amide bonds. The zero-order valence-electron chi connectivity index (χ0n) is 14.4. The van der Waals surface area contributed by atoms with Gasteiger partial charge in [-0.15, -0.1) is 0 Å². The van der Waals surface area contributed by atoms with E-state index in [1.54, 1.807) is 6.92 Å². The number of Topliss-reactive ketones (excluding diaryl/α,β-unsaturated/α-hetero) is 1. The fraction of sp³-hybridized carbons (Fsp3) is 0.947. The highest BCUT2D eigenvalue weighted by molar-refractivity contribution is 5.77. The van der Waals surface area contributed by atoms with E-state index in [4.69, 9.17) is 0 Å². The fourth-order valence-electron chi connectivity index (χ4n) is 2.67. The molecule has 20 heavy (non-hydrogen) atoms. The van der Waals surface area contributed by atoms with Crippen LogP contribution in [0.4, 0.5) is 0 Å². The average Bonchev–Trinajstić information content (AvgIpc) is 2.43. The summed E-state index contributed by atoms with van der Waals surface area (Å²) in [6.07, 6.45) is 19.2. The van der Waals surface area contributed by atoms with Crippen LogP contribution in [0.2, 0.25) is 0 Å². The molecule has 1 unspecified atom stereocenters. The lowest BCUT2D eigenvalue weighted by Gasteiger charge is -2.06. The van der Waals surface area contributed by atoms with Crippen molar-refractivity contribution in [1.82, 2.24) is 0 Å². The molecule has 0 aliphatic carbocycles. The maximum Gasteiger partial charge on any atom is 0.132 e. The van der Waals surface area contributed by atoms with E-state index in [0.717, 1.165) is 6.42 Å². The Bertz CT molecular complexity index is 210. The van der Waals surface area contributed by atoms with Gasteiger partial charge in [0.15, 0.2) is 0 Å². The van der Waals surface area contributed by atoms with Crippen molar-refractivity contribution >= 4 is 5.78 Å². The third-order valence-corrected chi connectivity index (χ3v) is 4.43. The molecule has 0 fully saturated rings. The molecule has 0 N–H and O–H groups in total. The van der Waals surface area contributed by atoms with Crippen molar-refractivity contribution in [2.45, 2.75) is 111 Å². The second kappa shape index (κ2) is 15.1. The first-order valence-electron chi connectivity index (χ1n) is 9.19. The second-order valence-electron chi connectivity index (χ2n) is 6.54. The smallest absolute Gasteiger partial charge is 0.132 e. The summed E-state index contributed by atoms with van der Waals surface area (Å²) in [5.41, 5.74) is 0. The first-order valence-corrected chi connectivity index (χ1v) is 9.19. The summed E-state index contributed by atoms with van der Waals surface area (Å²) in [5, 5.41) is 0. The molecule has 0 saturated carbocycles. The zero-order chi connectivity index (χ0) is 15.1. The lowest BCUT2D eigenvalue weighted by molar-refractivity contribution is -0.120. The van der Waals surface area contributed by atoms with Gasteiger partial charge in [-0.2, -0.15) is 0 Å². The Labute approximate surface area is 127 Å². The van der Waals surface area contributed by atoms with Gasteiger partial charge in [-0.25, -0.2) is 0 Å². The Kier molecular flexibility index (Phi) is 14.8. The van der Waals surface area contributed by atoms with Crippen LogP contribution in [0.3, 0.4) is 0 Å². The molecule has 1 heteroatoms. The van der Waals surface area contributed by atoms with E-state index >= 15 is 0 Å². The van der Waals surface area contributed by atoms with E-state index in [2.05, 4.69) is 13.8 Å². The van der Waals surface area contributed by atoms with Crippen molar-refractivity contribution in [1.29, 1.82) is 0 Å². The summed E-state index contributed by atoms with van der Waals surface area (Å²) in [6.45, 7) is 6.05. The molecule has 1 nitrogen and oxygen atoms in total. The van der Waals surface area contributed by atoms with Crippen LogP contribution in [0, 0.1) is 5.92 Å². The van der Waals surface area contributed by atoms with Crippen LogP contribution >= 0.6 is 0 Å². The number of hydrogen-bond donors (Lipinski definition) is 0. The topological polar surface area (TPSA) is 17.1 Å². The summed E-state index contributed by atoms with van der Waals surface area (Å²) in [6, 6.07) is 0. The molecule has 0 radical (unpaired) electrons. The molecule has 0 rings (SSSR count). The highest BCUT2D eigenvalue weighted by Crippen LogP contribution is 2.14. The molecule has 0 saturated heterocycles. The lowest BCUT2D eigenvalue weighted by Crippen LogP contribution is -2.05. The van der Waals surface area contributed by atoms with Crippen LogP contribution < -0.4 is 0 Å². The van der Waals surface area contributed by atoms with E-state index < -0.39 is 0 Å². The molecule has 0 aliphatic rings. The second-order valence-corrected chi connectivity index (χ2v) is 6.54. The summed E-state index contributed by atoms with van der Waals surface area (Å²) in [5.74, 6) is 0.631. The number of carbonyl (C=O) groups excluding carboxylic acids is 1. The minimum absolute atomic E-state index is 0.280. The van der Waals surface area contributed by atoms with Crippen LogP contribution in [0.15, 0.2) is 0 Å². The number of carbonyl (C=O) groups is 1. The summed E-state index contributed by atoms with van der Waals surface area (Å²) < 4.78 is 0. The summed E-state index contributed by atoms with van der Waals surface area (Å²) >= 11 is 0.